The smallest absolute Gasteiger partial charge is 0.0692 e. The Bertz CT molecular complexity index is 256. The first-order chi connectivity index (χ1) is 7.36. The average Bonchev–Trinajstić information content (AvgIpc) is 2.76. The maximum absolute atomic E-state index is 3.91. The van der Waals surface area contributed by atoms with E-state index >= 15 is 0 Å². The fourth-order valence-corrected chi connectivity index (χ4v) is 1.50. The monoisotopic (exact) mass is 208 g/mol. The van der Waals surface area contributed by atoms with Crippen molar-refractivity contribution in [3.63, 3.8) is 0 Å². The van der Waals surface area contributed by atoms with E-state index in [1.807, 2.05) is 17.0 Å². The molecule has 4 heteroatoms. The molecule has 1 unspecified atom stereocenters. The van der Waals surface area contributed by atoms with E-state index in [2.05, 4.69) is 29.1 Å². The Balaban J connectivity index is 2.14. The molecule has 15 heavy (non-hydrogen) atoms. The van der Waals surface area contributed by atoms with Gasteiger partial charge in [-0.05, 0) is 19.3 Å². The molecule has 1 aromatic heterocycles. The quantitative estimate of drug-likeness (QED) is 0.660. The van der Waals surface area contributed by atoms with Crippen molar-refractivity contribution in [3.8, 4) is 0 Å². The van der Waals surface area contributed by atoms with Gasteiger partial charge in [0.2, 0.25) is 0 Å². The van der Waals surface area contributed by atoms with Gasteiger partial charge >= 0.3 is 0 Å². The predicted octanol–water partition coefficient (Wildman–Crippen LogP) is 1.61. The minimum Gasteiger partial charge on any atom is -0.312 e. The van der Waals surface area contributed by atoms with Crippen LogP contribution in [0.25, 0.3) is 0 Å². The van der Waals surface area contributed by atoms with E-state index in [0.29, 0.717) is 6.04 Å². The molecule has 0 aliphatic carbocycles. The fourth-order valence-electron chi connectivity index (χ4n) is 1.50. The number of nitrogens with zero attached hydrogens (tertiary/aromatic N) is 3. The third-order valence-electron chi connectivity index (χ3n) is 2.46. The van der Waals surface area contributed by atoms with Gasteiger partial charge in [-0.3, -0.25) is 4.68 Å². The second kappa shape index (κ2) is 7.17. The van der Waals surface area contributed by atoms with Crippen molar-refractivity contribution in [2.75, 3.05) is 6.54 Å². The first-order valence-electron chi connectivity index (χ1n) is 5.55. The molecule has 0 fully saturated rings. The van der Waals surface area contributed by atoms with Gasteiger partial charge < -0.3 is 5.32 Å². The van der Waals surface area contributed by atoms with Crippen LogP contribution in [0.1, 0.15) is 26.2 Å². The van der Waals surface area contributed by atoms with Crippen LogP contribution in [0.3, 0.4) is 0 Å². The van der Waals surface area contributed by atoms with Crippen LogP contribution in [-0.4, -0.2) is 27.6 Å². The van der Waals surface area contributed by atoms with Crippen molar-refractivity contribution in [3.05, 3.63) is 25.0 Å². The highest BCUT2D eigenvalue weighted by atomic mass is 15.4. The minimum atomic E-state index is 0.589. The standard InChI is InChI=1S/C11H20N4/c1-3-5-6-11(4-2)12-7-9-15-10-8-13-14-15/h3,8,10-12H,1,4-7,9H2,2H3. The lowest BCUT2D eigenvalue weighted by Gasteiger charge is -2.15. The van der Waals surface area contributed by atoms with E-state index in [0.717, 1.165) is 32.4 Å². The van der Waals surface area contributed by atoms with Crippen LogP contribution in [0.4, 0.5) is 0 Å². The summed E-state index contributed by atoms with van der Waals surface area (Å²) < 4.78 is 1.84. The SMILES string of the molecule is C=CCCC(CC)NCCn1ccnn1. The zero-order chi connectivity index (χ0) is 10.9. The summed E-state index contributed by atoms with van der Waals surface area (Å²) in [4.78, 5) is 0. The van der Waals surface area contributed by atoms with Gasteiger partial charge in [0.15, 0.2) is 0 Å². The molecule has 0 amide bonds. The molecular formula is C11H20N4. The lowest BCUT2D eigenvalue weighted by molar-refractivity contribution is 0.441. The second-order valence-corrected chi connectivity index (χ2v) is 3.59. The Kier molecular flexibility index (Phi) is 5.70. The Hall–Kier alpha value is -1.16. The molecule has 1 heterocycles. The van der Waals surface area contributed by atoms with Gasteiger partial charge in [0.25, 0.3) is 0 Å². The highest BCUT2D eigenvalue weighted by molar-refractivity contribution is 4.73. The molecule has 0 saturated carbocycles. The van der Waals surface area contributed by atoms with E-state index in [9.17, 15) is 0 Å². The number of hydrogen-bond acceptors (Lipinski definition) is 3. The fraction of sp³-hybridized carbons (Fsp3) is 0.636. The van der Waals surface area contributed by atoms with Crippen molar-refractivity contribution in [1.82, 2.24) is 20.3 Å². The van der Waals surface area contributed by atoms with Crippen LogP contribution in [0.15, 0.2) is 25.0 Å². The second-order valence-electron chi connectivity index (χ2n) is 3.59. The Morgan fingerprint density at radius 2 is 2.47 bits per heavy atom. The van der Waals surface area contributed by atoms with Crippen LogP contribution in [0.5, 0.6) is 0 Å². The van der Waals surface area contributed by atoms with Crippen LogP contribution >= 0.6 is 0 Å². The number of aromatic nitrogens is 3. The number of allylic oxidation sites excluding steroid dienone is 1. The van der Waals surface area contributed by atoms with Crippen LogP contribution < -0.4 is 5.32 Å². The zero-order valence-corrected chi connectivity index (χ0v) is 9.39. The molecule has 84 valence electrons. The van der Waals surface area contributed by atoms with Crippen molar-refractivity contribution >= 4 is 0 Å². The number of hydrogen-bond donors (Lipinski definition) is 1. The molecule has 0 aliphatic heterocycles. The summed E-state index contributed by atoms with van der Waals surface area (Å²) >= 11 is 0. The molecule has 1 atom stereocenters. The topological polar surface area (TPSA) is 42.7 Å². The maximum atomic E-state index is 3.91. The first kappa shape index (κ1) is 11.9. The van der Waals surface area contributed by atoms with Crippen molar-refractivity contribution < 1.29 is 0 Å². The molecule has 0 aliphatic rings. The Morgan fingerprint density at radius 3 is 3.07 bits per heavy atom. The zero-order valence-electron chi connectivity index (χ0n) is 9.39. The molecule has 1 aromatic rings. The Labute approximate surface area is 91.4 Å². The molecule has 0 radical (unpaired) electrons. The molecule has 1 N–H and O–H groups in total. The van der Waals surface area contributed by atoms with Crippen molar-refractivity contribution in [2.45, 2.75) is 38.8 Å². The summed E-state index contributed by atoms with van der Waals surface area (Å²) in [6.45, 7) is 7.77. The third-order valence-corrected chi connectivity index (χ3v) is 2.46. The number of rotatable bonds is 8. The molecule has 0 spiro atoms. The van der Waals surface area contributed by atoms with E-state index < -0.39 is 0 Å². The summed E-state index contributed by atoms with van der Waals surface area (Å²) in [7, 11) is 0. The van der Waals surface area contributed by atoms with Gasteiger partial charge in [-0.2, -0.15) is 0 Å². The van der Waals surface area contributed by atoms with Crippen LogP contribution in [0, 0.1) is 0 Å². The van der Waals surface area contributed by atoms with E-state index in [-0.39, 0.29) is 0 Å². The van der Waals surface area contributed by atoms with E-state index in [1.165, 1.54) is 0 Å². The maximum Gasteiger partial charge on any atom is 0.0692 e. The van der Waals surface area contributed by atoms with Gasteiger partial charge in [-0.1, -0.05) is 18.2 Å². The van der Waals surface area contributed by atoms with Gasteiger partial charge in [0, 0.05) is 18.8 Å². The summed E-state index contributed by atoms with van der Waals surface area (Å²) in [5.74, 6) is 0. The molecular weight excluding hydrogens is 188 g/mol. The summed E-state index contributed by atoms with van der Waals surface area (Å²) in [6, 6.07) is 0.589. The highest BCUT2D eigenvalue weighted by Gasteiger charge is 2.03. The first-order valence-corrected chi connectivity index (χ1v) is 5.55. The van der Waals surface area contributed by atoms with Crippen molar-refractivity contribution in [1.29, 1.82) is 0 Å². The summed E-state index contributed by atoms with van der Waals surface area (Å²) in [5.41, 5.74) is 0. The lowest BCUT2D eigenvalue weighted by Crippen LogP contribution is -2.31. The van der Waals surface area contributed by atoms with E-state index in [1.54, 1.807) is 6.20 Å². The van der Waals surface area contributed by atoms with Crippen LogP contribution in [-0.2, 0) is 6.54 Å². The van der Waals surface area contributed by atoms with Gasteiger partial charge in [-0.25, -0.2) is 0 Å². The van der Waals surface area contributed by atoms with E-state index in [4.69, 9.17) is 0 Å². The lowest BCUT2D eigenvalue weighted by atomic mass is 10.1. The largest absolute Gasteiger partial charge is 0.312 e. The molecule has 0 aromatic carbocycles. The minimum absolute atomic E-state index is 0.589. The molecule has 1 rings (SSSR count). The average molecular weight is 208 g/mol. The highest BCUT2D eigenvalue weighted by Crippen LogP contribution is 2.01. The molecule has 4 nitrogen and oxygen atoms in total. The predicted molar refractivity (Wildman–Crippen MR) is 61.5 cm³/mol. The molecule has 0 saturated heterocycles. The third kappa shape index (κ3) is 4.74. The molecule has 0 bridgehead atoms. The van der Waals surface area contributed by atoms with Crippen molar-refractivity contribution in [2.24, 2.45) is 0 Å². The number of nitrogens with one attached hydrogen (secondary N) is 1. The van der Waals surface area contributed by atoms with Crippen LogP contribution in [0.2, 0.25) is 0 Å². The van der Waals surface area contributed by atoms with Gasteiger partial charge in [0.1, 0.15) is 0 Å². The Morgan fingerprint density at radius 1 is 1.60 bits per heavy atom. The summed E-state index contributed by atoms with van der Waals surface area (Å²) in [5, 5.41) is 11.2. The van der Waals surface area contributed by atoms with Gasteiger partial charge in [-0.15, -0.1) is 11.7 Å². The normalized spacial score (nSPS) is 12.6. The summed E-state index contributed by atoms with van der Waals surface area (Å²) in [6.07, 6.45) is 8.96. The van der Waals surface area contributed by atoms with Gasteiger partial charge in [0.05, 0.1) is 12.7 Å².